The first kappa shape index (κ1) is 13.1. The van der Waals surface area contributed by atoms with Crippen molar-refractivity contribution in [3.63, 3.8) is 0 Å². The van der Waals surface area contributed by atoms with Crippen molar-refractivity contribution in [3.8, 4) is 11.6 Å². The number of hydrogen-bond acceptors (Lipinski definition) is 4. The zero-order valence-corrected chi connectivity index (χ0v) is 11.3. The van der Waals surface area contributed by atoms with Gasteiger partial charge in [-0.1, -0.05) is 24.3 Å². The maximum atomic E-state index is 11.2. The highest BCUT2D eigenvalue weighted by molar-refractivity contribution is 5.91. The van der Waals surface area contributed by atoms with E-state index < -0.39 is 5.97 Å². The minimum Gasteiger partial charge on any atom is -0.478 e. The highest BCUT2D eigenvalue weighted by atomic mass is 16.5. The lowest BCUT2D eigenvalue weighted by molar-refractivity contribution is 0.0694. The smallest absolute Gasteiger partial charge is 0.339 e. The van der Waals surface area contributed by atoms with Gasteiger partial charge in [0.1, 0.15) is 17.0 Å². The second-order valence-electron chi connectivity index (χ2n) is 4.51. The van der Waals surface area contributed by atoms with Crippen molar-refractivity contribution in [1.82, 2.24) is 9.97 Å². The molecule has 104 valence electrons. The standard InChI is InChI=1S/C16H12N2O3/c1-10-15(18-13-8-4-3-7-12(13)17-10)21-14-9-5-2-6-11(14)16(19)20/h2-9H,1H3,(H,19,20). The molecule has 0 aliphatic carbocycles. The van der Waals surface area contributed by atoms with Gasteiger partial charge >= 0.3 is 5.97 Å². The fraction of sp³-hybridized carbons (Fsp3) is 0.0625. The zero-order valence-electron chi connectivity index (χ0n) is 11.3. The molecule has 0 spiro atoms. The molecule has 0 radical (unpaired) electrons. The molecule has 0 aliphatic rings. The van der Waals surface area contributed by atoms with Crippen LogP contribution in [0.3, 0.4) is 0 Å². The minimum atomic E-state index is -1.04. The van der Waals surface area contributed by atoms with E-state index in [9.17, 15) is 4.79 Å². The average Bonchev–Trinajstić information content (AvgIpc) is 2.48. The van der Waals surface area contributed by atoms with Crippen LogP contribution in [0.25, 0.3) is 11.0 Å². The van der Waals surface area contributed by atoms with Crippen LogP contribution in [0, 0.1) is 6.92 Å². The zero-order chi connectivity index (χ0) is 14.8. The predicted molar refractivity (Wildman–Crippen MR) is 77.8 cm³/mol. The third-order valence-electron chi connectivity index (χ3n) is 3.03. The number of carboxylic acid groups (broad SMARTS) is 1. The predicted octanol–water partition coefficient (Wildman–Crippen LogP) is 3.43. The first-order valence-electron chi connectivity index (χ1n) is 6.39. The van der Waals surface area contributed by atoms with E-state index in [1.807, 2.05) is 24.3 Å². The fourth-order valence-corrected chi connectivity index (χ4v) is 2.01. The lowest BCUT2D eigenvalue weighted by Crippen LogP contribution is -2.02. The average molecular weight is 280 g/mol. The van der Waals surface area contributed by atoms with E-state index >= 15 is 0 Å². The third kappa shape index (κ3) is 2.53. The summed E-state index contributed by atoms with van der Waals surface area (Å²) < 4.78 is 5.66. The molecule has 5 heteroatoms. The van der Waals surface area contributed by atoms with Crippen LogP contribution in [0.1, 0.15) is 16.1 Å². The van der Waals surface area contributed by atoms with E-state index in [4.69, 9.17) is 9.84 Å². The van der Waals surface area contributed by atoms with Crippen LogP contribution in [0.4, 0.5) is 0 Å². The van der Waals surface area contributed by atoms with Gasteiger partial charge in [-0.15, -0.1) is 0 Å². The molecule has 1 aromatic heterocycles. The van der Waals surface area contributed by atoms with Crippen molar-refractivity contribution < 1.29 is 14.6 Å². The normalized spacial score (nSPS) is 10.5. The SMILES string of the molecule is Cc1nc2ccccc2nc1Oc1ccccc1C(=O)O. The van der Waals surface area contributed by atoms with Crippen molar-refractivity contribution >= 4 is 17.0 Å². The van der Waals surface area contributed by atoms with Gasteiger partial charge in [0, 0.05) is 0 Å². The number of nitrogens with zero attached hydrogens (tertiary/aromatic N) is 2. The summed E-state index contributed by atoms with van der Waals surface area (Å²) in [6.45, 7) is 1.78. The number of fused-ring (bicyclic) bond motifs is 1. The summed E-state index contributed by atoms with van der Waals surface area (Å²) >= 11 is 0. The van der Waals surface area contributed by atoms with Gasteiger partial charge in [-0.2, -0.15) is 0 Å². The van der Waals surface area contributed by atoms with Crippen LogP contribution in [-0.4, -0.2) is 21.0 Å². The van der Waals surface area contributed by atoms with E-state index in [0.29, 0.717) is 17.1 Å². The molecule has 0 amide bonds. The molecule has 0 saturated heterocycles. The Morgan fingerprint density at radius 3 is 2.33 bits per heavy atom. The first-order valence-corrected chi connectivity index (χ1v) is 6.39. The van der Waals surface area contributed by atoms with Gasteiger partial charge in [0.05, 0.1) is 11.0 Å². The molecule has 1 N–H and O–H groups in total. The van der Waals surface area contributed by atoms with E-state index in [1.54, 1.807) is 25.1 Å². The van der Waals surface area contributed by atoms with Crippen molar-refractivity contribution in [3.05, 3.63) is 59.8 Å². The van der Waals surface area contributed by atoms with Gasteiger partial charge in [0.15, 0.2) is 0 Å². The largest absolute Gasteiger partial charge is 0.478 e. The lowest BCUT2D eigenvalue weighted by atomic mass is 10.2. The third-order valence-corrected chi connectivity index (χ3v) is 3.03. The van der Waals surface area contributed by atoms with Crippen molar-refractivity contribution in [1.29, 1.82) is 0 Å². The summed E-state index contributed by atoms with van der Waals surface area (Å²) in [5.41, 5.74) is 2.17. The summed E-state index contributed by atoms with van der Waals surface area (Å²) in [5, 5.41) is 9.17. The Kier molecular flexibility index (Phi) is 3.23. The molecular weight excluding hydrogens is 268 g/mol. The highest BCUT2D eigenvalue weighted by Crippen LogP contribution is 2.27. The topological polar surface area (TPSA) is 72.3 Å². The van der Waals surface area contributed by atoms with Crippen molar-refractivity contribution in [2.24, 2.45) is 0 Å². The Bertz CT molecular complexity index is 831. The van der Waals surface area contributed by atoms with Crippen molar-refractivity contribution in [2.75, 3.05) is 0 Å². The molecule has 0 fully saturated rings. The number of aromatic carboxylic acids is 1. The molecular formula is C16H12N2O3. The number of carboxylic acids is 1. The summed E-state index contributed by atoms with van der Waals surface area (Å²) in [7, 11) is 0. The Labute approximate surface area is 120 Å². The Balaban J connectivity index is 2.06. The van der Waals surface area contributed by atoms with Crippen LogP contribution < -0.4 is 4.74 Å². The number of para-hydroxylation sites is 3. The maximum absolute atomic E-state index is 11.2. The highest BCUT2D eigenvalue weighted by Gasteiger charge is 2.13. The molecule has 5 nitrogen and oxygen atoms in total. The lowest BCUT2D eigenvalue weighted by Gasteiger charge is -2.10. The quantitative estimate of drug-likeness (QED) is 0.795. The van der Waals surface area contributed by atoms with E-state index in [-0.39, 0.29) is 11.3 Å². The van der Waals surface area contributed by atoms with Gasteiger partial charge < -0.3 is 9.84 Å². The van der Waals surface area contributed by atoms with Crippen LogP contribution in [-0.2, 0) is 0 Å². The fourth-order valence-electron chi connectivity index (χ4n) is 2.01. The summed E-state index contributed by atoms with van der Waals surface area (Å²) in [6.07, 6.45) is 0. The summed E-state index contributed by atoms with van der Waals surface area (Å²) in [4.78, 5) is 20.0. The van der Waals surface area contributed by atoms with Crippen LogP contribution >= 0.6 is 0 Å². The molecule has 21 heavy (non-hydrogen) atoms. The van der Waals surface area contributed by atoms with Crippen LogP contribution in [0.2, 0.25) is 0 Å². The molecule has 3 rings (SSSR count). The minimum absolute atomic E-state index is 0.0897. The summed E-state index contributed by atoms with van der Waals surface area (Å²) in [6, 6.07) is 13.9. The van der Waals surface area contributed by atoms with Gasteiger partial charge in [-0.25, -0.2) is 14.8 Å². The number of carbonyl (C=O) groups is 1. The monoisotopic (exact) mass is 280 g/mol. The number of ether oxygens (including phenoxy) is 1. The molecule has 0 bridgehead atoms. The number of aromatic nitrogens is 2. The number of benzene rings is 2. The van der Waals surface area contributed by atoms with Crippen molar-refractivity contribution in [2.45, 2.75) is 6.92 Å². The summed E-state index contributed by atoms with van der Waals surface area (Å²) in [5.74, 6) is -0.489. The van der Waals surface area contributed by atoms with Gasteiger partial charge in [-0.05, 0) is 31.2 Å². The maximum Gasteiger partial charge on any atom is 0.339 e. The van der Waals surface area contributed by atoms with Crippen LogP contribution in [0.15, 0.2) is 48.5 Å². The van der Waals surface area contributed by atoms with Crippen LogP contribution in [0.5, 0.6) is 11.6 Å². The molecule has 0 atom stereocenters. The Hall–Kier alpha value is -2.95. The molecule has 0 unspecified atom stereocenters. The Morgan fingerprint density at radius 1 is 1.00 bits per heavy atom. The molecule has 0 saturated carbocycles. The number of rotatable bonds is 3. The van der Waals surface area contributed by atoms with Gasteiger partial charge in [0.2, 0.25) is 5.88 Å². The number of hydrogen-bond donors (Lipinski definition) is 1. The molecule has 2 aromatic carbocycles. The number of aryl methyl sites for hydroxylation is 1. The van der Waals surface area contributed by atoms with Gasteiger partial charge in [0.25, 0.3) is 0 Å². The second-order valence-corrected chi connectivity index (χ2v) is 4.51. The molecule has 1 heterocycles. The van der Waals surface area contributed by atoms with Gasteiger partial charge in [-0.3, -0.25) is 0 Å². The molecule has 3 aromatic rings. The van der Waals surface area contributed by atoms with E-state index in [1.165, 1.54) is 6.07 Å². The van der Waals surface area contributed by atoms with E-state index in [0.717, 1.165) is 5.52 Å². The second kappa shape index (κ2) is 5.20. The van der Waals surface area contributed by atoms with E-state index in [2.05, 4.69) is 9.97 Å². The molecule has 0 aliphatic heterocycles. The first-order chi connectivity index (χ1) is 10.1. The Morgan fingerprint density at radius 2 is 1.62 bits per heavy atom.